The van der Waals surface area contributed by atoms with Crippen LogP contribution in [0.3, 0.4) is 0 Å². The molecule has 0 bridgehead atoms. The third kappa shape index (κ3) is 11.3. The standard InChI is InChI=1S/C27H48O6/c1-2-3-4-5-8-13-22(28)18-17-21-20-24(33-26-16-11-12-19-32-26)27(31)23(21)14-9-6-7-10-15-25(29)30/h17-18,21-24,26-28,31H,2-16,19-20H2,1H3,(H,29,30). The van der Waals surface area contributed by atoms with E-state index in [-0.39, 0.29) is 30.7 Å². The number of rotatable bonds is 17. The Morgan fingerprint density at radius 2 is 1.85 bits per heavy atom. The van der Waals surface area contributed by atoms with E-state index in [1.54, 1.807) is 0 Å². The van der Waals surface area contributed by atoms with Crippen molar-refractivity contribution in [2.45, 2.75) is 134 Å². The van der Waals surface area contributed by atoms with Crippen LogP contribution in [-0.2, 0) is 14.3 Å². The second kappa shape index (κ2) is 16.6. The predicted octanol–water partition coefficient (Wildman–Crippen LogP) is 5.60. The van der Waals surface area contributed by atoms with Gasteiger partial charge in [-0.2, -0.15) is 0 Å². The van der Waals surface area contributed by atoms with Crippen LogP contribution in [0.1, 0.15) is 110 Å². The van der Waals surface area contributed by atoms with Gasteiger partial charge >= 0.3 is 5.97 Å². The Balaban J connectivity index is 1.84. The van der Waals surface area contributed by atoms with E-state index < -0.39 is 18.2 Å². The molecule has 0 aromatic rings. The molecule has 6 atom stereocenters. The van der Waals surface area contributed by atoms with Gasteiger partial charge in [-0.25, -0.2) is 0 Å². The third-order valence-electron chi connectivity index (χ3n) is 7.20. The van der Waals surface area contributed by atoms with Crippen molar-refractivity contribution in [2.24, 2.45) is 11.8 Å². The van der Waals surface area contributed by atoms with Gasteiger partial charge in [-0.15, -0.1) is 0 Å². The summed E-state index contributed by atoms with van der Waals surface area (Å²) in [6.45, 7) is 2.93. The molecule has 2 rings (SSSR count). The summed E-state index contributed by atoms with van der Waals surface area (Å²) in [5.74, 6) is -0.450. The Kier molecular flexibility index (Phi) is 14.3. The van der Waals surface area contributed by atoms with E-state index >= 15 is 0 Å². The van der Waals surface area contributed by atoms with Crippen molar-refractivity contribution in [1.29, 1.82) is 0 Å². The highest BCUT2D eigenvalue weighted by atomic mass is 16.7. The molecule has 0 radical (unpaired) electrons. The molecule has 1 saturated heterocycles. The van der Waals surface area contributed by atoms with Crippen molar-refractivity contribution in [3.05, 3.63) is 12.2 Å². The average molecular weight is 469 g/mol. The van der Waals surface area contributed by atoms with Crippen LogP contribution >= 0.6 is 0 Å². The van der Waals surface area contributed by atoms with Gasteiger partial charge in [0.05, 0.1) is 18.3 Å². The summed E-state index contributed by atoms with van der Waals surface area (Å²) in [7, 11) is 0. The zero-order chi connectivity index (χ0) is 23.9. The molecule has 6 heteroatoms. The molecule has 0 aromatic carbocycles. The number of carboxylic acids is 1. The first-order chi connectivity index (χ1) is 16.0. The zero-order valence-corrected chi connectivity index (χ0v) is 20.7. The first-order valence-corrected chi connectivity index (χ1v) is 13.5. The Morgan fingerprint density at radius 1 is 1.09 bits per heavy atom. The van der Waals surface area contributed by atoms with Crippen LogP contribution in [0.15, 0.2) is 12.2 Å². The molecule has 0 aromatic heterocycles. The van der Waals surface area contributed by atoms with E-state index in [4.69, 9.17) is 14.6 Å². The molecule has 1 heterocycles. The van der Waals surface area contributed by atoms with Gasteiger partial charge in [0.25, 0.3) is 0 Å². The molecule has 6 nitrogen and oxygen atoms in total. The summed E-state index contributed by atoms with van der Waals surface area (Å²) in [5, 5.41) is 30.3. The highest BCUT2D eigenvalue weighted by Gasteiger charge is 2.42. The molecule has 2 fully saturated rings. The molecule has 6 unspecified atom stereocenters. The summed E-state index contributed by atoms with van der Waals surface area (Å²) < 4.78 is 11.9. The number of hydrogen-bond donors (Lipinski definition) is 3. The van der Waals surface area contributed by atoms with Crippen molar-refractivity contribution in [1.82, 2.24) is 0 Å². The molecule has 1 aliphatic heterocycles. The summed E-state index contributed by atoms with van der Waals surface area (Å²) in [5.41, 5.74) is 0. The molecule has 192 valence electrons. The van der Waals surface area contributed by atoms with E-state index in [0.717, 1.165) is 70.8 Å². The number of aliphatic carboxylic acids is 1. The minimum Gasteiger partial charge on any atom is -0.481 e. The second-order valence-corrected chi connectivity index (χ2v) is 10.0. The lowest BCUT2D eigenvalue weighted by molar-refractivity contribution is -0.203. The first kappa shape index (κ1) is 28.3. The van der Waals surface area contributed by atoms with Gasteiger partial charge in [-0.3, -0.25) is 4.79 Å². The molecule has 2 aliphatic rings. The quantitative estimate of drug-likeness (QED) is 0.190. The van der Waals surface area contributed by atoms with E-state index in [2.05, 4.69) is 13.0 Å². The SMILES string of the molecule is CCCCCCCC(O)C=CC1CC(OC2CCCCO2)C(O)C1CCCCCCC(=O)O. The minimum absolute atomic E-state index is 0.103. The van der Waals surface area contributed by atoms with Gasteiger partial charge in [0.1, 0.15) is 0 Å². The summed E-state index contributed by atoms with van der Waals surface area (Å²) in [4.78, 5) is 10.7. The molecular weight excluding hydrogens is 420 g/mol. The lowest BCUT2D eigenvalue weighted by atomic mass is 9.88. The number of aliphatic hydroxyl groups excluding tert-OH is 2. The maximum Gasteiger partial charge on any atom is 0.303 e. The van der Waals surface area contributed by atoms with Gasteiger partial charge in [0, 0.05) is 13.0 Å². The van der Waals surface area contributed by atoms with Crippen LogP contribution < -0.4 is 0 Å². The predicted molar refractivity (Wildman–Crippen MR) is 130 cm³/mol. The molecule has 0 spiro atoms. The number of ether oxygens (including phenoxy) is 2. The monoisotopic (exact) mass is 468 g/mol. The van der Waals surface area contributed by atoms with E-state index in [1.165, 1.54) is 25.7 Å². The van der Waals surface area contributed by atoms with Gasteiger partial charge in [-0.1, -0.05) is 70.4 Å². The highest BCUT2D eigenvalue weighted by molar-refractivity contribution is 5.66. The smallest absolute Gasteiger partial charge is 0.303 e. The highest BCUT2D eigenvalue weighted by Crippen LogP contribution is 2.39. The second-order valence-electron chi connectivity index (χ2n) is 10.0. The summed E-state index contributed by atoms with van der Waals surface area (Å²) in [6, 6.07) is 0. The Hall–Kier alpha value is -0.950. The lowest BCUT2D eigenvalue weighted by Gasteiger charge is -2.28. The zero-order valence-electron chi connectivity index (χ0n) is 20.7. The maximum absolute atomic E-state index is 11.1. The van der Waals surface area contributed by atoms with Crippen molar-refractivity contribution in [2.75, 3.05) is 6.61 Å². The van der Waals surface area contributed by atoms with E-state index in [0.29, 0.717) is 6.42 Å². The molecule has 3 N–H and O–H groups in total. The van der Waals surface area contributed by atoms with Crippen molar-refractivity contribution in [3.63, 3.8) is 0 Å². The Bertz CT molecular complexity index is 545. The number of aliphatic hydroxyl groups is 2. The fourth-order valence-corrected chi connectivity index (χ4v) is 5.20. The minimum atomic E-state index is -0.736. The van der Waals surface area contributed by atoms with Crippen LogP contribution in [0.5, 0.6) is 0 Å². The molecule has 0 amide bonds. The number of carboxylic acid groups (broad SMARTS) is 1. The number of hydrogen-bond acceptors (Lipinski definition) is 5. The van der Waals surface area contributed by atoms with Gasteiger partial charge in [0.15, 0.2) is 6.29 Å². The van der Waals surface area contributed by atoms with Crippen LogP contribution in [0, 0.1) is 11.8 Å². The number of carbonyl (C=O) groups is 1. The maximum atomic E-state index is 11.1. The topological polar surface area (TPSA) is 96.2 Å². The van der Waals surface area contributed by atoms with Gasteiger partial charge in [0.2, 0.25) is 0 Å². The fraction of sp³-hybridized carbons (Fsp3) is 0.889. The lowest BCUT2D eigenvalue weighted by Crippen LogP contribution is -2.34. The fourth-order valence-electron chi connectivity index (χ4n) is 5.20. The molecule has 1 saturated carbocycles. The van der Waals surface area contributed by atoms with E-state index in [9.17, 15) is 15.0 Å². The van der Waals surface area contributed by atoms with Gasteiger partial charge < -0.3 is 24.8 Å². The molecule has 1 aliphatic carbocycles. The summed E-state index contributed by atoms with van der Waals surface area (Å²) >= 11 is 0. The van der Waals surface area contributed by atoms with E-state index in [1.807, 2.05) is 6.08 Å². The molecular formula is C27H48O6. The number of allylic oxidation sites excluding steroid dienone is 1. The normalized spacial score (nSPS) is 29.0. The van der Waals surface area contributed by atoms with Crippen LogP contribution in [0.25, 0.3) is 0 Å². The third-order valence-corrected chi connectivity index (χ3v) is 7.20. The van der Waals surface area contributed by atoms with Crippen LogP contribution in [0.4, 0.5) is 0 Å². The van der Waals surface area contributed by atoms with Crippen molar-refractivity contribution in [3.8, 4) is 0 Å². The Morgan fingerprint density at radius 3 is 2.58 bits per heavy atom. The molecule has 33 heavy (non-hydrogen) atoms. The van der Waals surface area contributed by atoms with Crippen LogP contribution in [0.2, 0.25) is 0 Å². The largest absolute Gasteiger partial charge is 0.481 e. The van der Waals surface area contributed by atoms with Crippen molar-refractivity contribution >= 4 is 5.97 Å². The van der Waals surface area contributed by atoms with Crippen molar-refractivity contribution < 1.29 is 29.6 Å². The first-order valence-electron chi connectivity index (χ1n) is 13.5. The van der Waals surface area contributed by atoms with Crippen LogP contribution in [-0.4, -0.2) is 52.5 Å². The number of unbranched alkanes of at least 4 members (excludes halogenated alkanes) is 7. The summed E-state index contributed by atoms with van der Waals surface area (Å²) in [6.07, 6.45) is 17.8. The van der Waals surface area contributed by atoms with Gasteiger partial charge in [-0.05, 0) is 56.8 Å². The Labute approximate surface area is 200 Å². The average Bonchev–Trinajstić information content (AvgIpc) is 3.09.